The van der Waals surface area contributed by atoms with Crippen LogP contribution in [0.4, 0.5) is 11.4 Å². The Labute approximate surface area is 202 Å². The predicted octanol–water partition coefficient (Wildman–Crippen LogP) is 3.67. The van der Waals surface area contributed by atoms with Gasteiger partial charge < -0.3 is 25.2 Å². The second-order valence-corrected chi connectivity index (χ2v) is 9.05. The zero-order valence-corrected chi connectivity index (χ0v) is 20.8. The number of hydrogen-bond acceptors (Lipinski definition) is 6. The van der Waals surface area contributed by atoms with E-state index in [1.54, 1.807) is 30.1 Å². The molecule has 1 saturated heterocycles. The summed E-state index contributed by atoms with van der Waals surface area (Å²) in [6, 6.07) is 11.1. The van der Waals surface area contributed by atoms with Gasteiger partial charge in [-0.2, -0.15) is 0 Å². The van der Waals surface area contributed by atoms with Gasteiger partial charge in [0, 0.05) is 44.5 Å². The zero-order chi connectivity index (χ0) is 24.7. The van der Waals surface area contributed by atoms with Crippen LogP contribution in [0.5, 0.6) is 5.75 Å². The Kier molecular flexibility index (Phi) is 8.74. The van der Waals surface area contributed by atoms with Gasteiger partial charge in [-0.25, -0.2) is 4.79 Å². The summed E-state index contributed by atoms with van der Waals surface area (Å²) in [4.78, 5) is 30.6. The number of unbranched alkanes of at least 4 members (excludes halogenated alkanes) is 1. The normalized spacial score (nSPS) is 13.9. The van der Waals surface area contributed by atoms with Crippen molar-refractivity contribution < 1.29 is 14.3 Å². The molecule has 2 aromatic carbocycles. The van der Waals surface area contributed by atoms with Crippen LogP contribution in [0, 0.1) is 13.8 Å². The van der Waals surface area contributed by atoms with E-state index in [2.05, 4.69) is 22.8 Å². The molecule has 1 aliphatic heterocycles. The van der Waals surface area contributed by atoms with Gasteiger partial charge >= 0.3 is 0 Å². The van der Waals surface area contributed by atoms with Gasteiger partial charge in [0.05, 0.1) is 18.0 Å². The summed E-state index contributed by atoms with van der Waals surface area (Å²) in [5.74, 6) is 2.70. The second kappa shape index (κ2) is 11.7. The van der Waals surface area contributed by atoms with Crippen molar-refractivity contribution in [1.29, 1.82) is 0 Å². The maximum absolute atomic E-state index is 13.1. The molecule has 34 heavy (non-hydrogen) atoms. The van der Waals surface area contributed by atoms with Crippen LogP contribution in [-0.4, -0.2) is 68.5 Å². The highest BCUT2D eigenvalue weighted by Crippen LogP contribution is 2.30. The first kappa shape index (κ1) is 25.3. The molecule has 2 N–H and O–H groups in total. The Morgan fingerprint density at radius 1 is 1.09 bits per heavy atom. The number of carbonyl (C=O) groups is 1. The van der Waals surface area contributed by atoms with Crippen molar-refractivity contribution in [2.45, 2.75) is 33.1 Å². The molecule has 182 valence electrons. The first-order valence-electron chi connectivity index (χ1n) is 11.8. The molecular formula is C27H36N4O3. The third kappa shape index (κ3) is 6.40. The topological polar surface area (TPSA) is 79.1 Å². The molecule has 1 amide bonds. The van der Waals surface area contributed by atoms with Crippen molar-refractivity contribution in [3.8, 4) is 5.75 Å². The van der Waals surface area contributed by atoms with Crippen LogP contribution in [0.15, 0.2) is 42.1 Å². The number of anilines is 2. The average Bonchev–Trinajstić information content (AvgIpc) is 2.83. The fourth-order valence-electron chi connectivity index (χ4n) is 4.05. The third-order valence-corrected chi connectivity index (χ3v) is 6.37. The molecule has 0 atom stereocenters. The lowest BCUT2D eigenvalue weighted by Crippen LogP contribution is -2.44. The number of benzene rings is 2. The molecule has 0 saturated carbocycles. The van der Waals surface area contributed by atoms with E-state index in [1.165, 1.54) is 0 Å². The van der Waals surface area contributed by atoms with Gasteiger partial charge in [-0.1, -0.05) is 6.07 Å². The Morgan fingerprint density at radius 2 is 1.82 bits per heavy atom. The van der Waals surface area contributed by atoms with Gasteiger partial charge in [0.25, 0.3) is 5.91 Å². The number of amides is 1. The van der Waals surface area contributed by atoms with Crippen LogP contribution >= 0.6 is 0 Å². The molecule has 7 nitrogen and oxygen atoms in total. The van der Waals surface area contributed by atoms with Crippen LogP contribution in [0.2, 0.25) is 0 Å². The molecule has 2 aromatic rings. The lowest BCUT2D eigenvalue weighted by molar-refractivity contribution is 0.0992. The number of rotatable bonds is 9. The van der Waals surface area contributed by atoms with Gasteiger partial charge in [-0.3, -0.25) is 4.79 Å². The van der Waals surface area contributed by atoms with E-state index >= 15 is 0 Å². The SMILES string of the molecule is Cc1ccc(N(C)C(=O)c2ccc(N)c(C)c2)c(OCCCCC(=C=O)N2CCN(C)CC2)c1. The summed E-state index contributed by atoms with van der Waals surface area (Å²) < 4.78 is 6.10. The van der Waals surface area contributed by atoms with E-state index in [-0.39, 0.29) is 5.91 Å². The Balaban J connectivity index is 1.58. The van der Waals surface area contributed by atoms with Crippen molar-refractivity contribution in [2.24, 2.45) is 0 Å². The van der Waals surface area contributed by atoms with Crippen LogP contribution < -0.4 is 15.4 Å². The lowest BCUT2D eigenvalue weighted by atomic mass is 10.1. The quantitative estimate of drug-likeness (QED) is 0.347. The molecule has 0 aliphatic carbocycles. The van der Waals surface area contributed by atoms with Crippen LogP contribution in [0.3, 0.4) is 0 Å². The third-order valence-electron chi connectivity index (χ3n) is 6.37. The average molecular weight is 465 g/mol. The summed E-state index contributed by atoms with van der Waals surface area (Å²) in [5, 5.41) is 0. The van der Waals surface area contributed by atoms with Crippen molar-refractivity contribution in [1.82, 2.24) is 9.80 Å². The Bertz CT molecular complexity index is 1050. The van der Waals surface area contributed by atoms with E-state index in [4.69, 9.17) is 10.5 Å². The number of hydrogen-bond donors (Lipinski definition) is 1. The van der Waals surface area contributed by atoms with Crippen molar-refractivity contribution >= 4 is 23.2 Å². The molecule has 0 radical (unpaired) electrons. The first-order valence-corrected chi connectivity index (χ1v) is 11.8. The number of aryl methyl sites for hydroxylation is 2. The van der Waals surface area contributed by atoms with Gasteiger partial charge in [-0.05, 0) is 81.6 Å². The summed E-state index contributed by atoms with van der Waals surface area (Å²) in [6.07, 6.45) is 2.35. The molecule has 0 unspecified atom stereocenters. The molecule has 1 fully saturated rings. The second-order valence-electron chi connectivity index (χ2n) is 9.05. The molecule has 7 heteroatoms. The van der Waals surface area contributed by atoms with Crippen LogP contribution in [-0.2, 0) is 4.79 Å². The highest BCUT2D eigenvalue weighted by Gasteiger charge is 2.19. The minimum atomic E-state index is -0.121. The van der Waals surface area contributed by atoms with Gasteiger partial charge in [0.1, 0.15) is 11.7 Å². The minimum Gasteiger partial charge on any atom is -0.491 e. The van der Waals surface area contributed by atoms with E-state index in [1.807, 2.05) is 32.0 Å². The molecule has 1 aliphatic rings. The number of carbonyl (C=O) groups excluding carboxylic acids is 2. The van der Waals surface area contributed by atoms with Crippen LogP contribution in [0.25, 0.3) is 0 Å². The highest BCUT2D eigenvalue weighted by molar-refractivity contribution is 6.06. The largest absolute Gasteiger partial charge is 0.491 e. The predicted molar refractivity (Wildman–Crippen MR) is 137 cm³/mol. The number of piperazine rings is 1. The van der Waals surface area contributed by atoms with E-state index in [0.717, 1.165) is 61.5 Å². The van der Waals surface area contributed by atoms with Crippen molar-refractivity contribution in [3.63, 3.8) is 0 Å². The van der Waals surface area contributed by atoms with Gasteiger partial charge in [0.2, 0.25) is 0 Å². The Hall–Kier alpha value is -3.28. The number of nitrogens with two attached hydrogens (primary N) is 1. The number of nitrogen functional groups attached to an aromatic ring is 1. The fourth-order valence-corrected chi connectivity index (χ4v) is 4.05. The molecule has 0 spiro atoms. The maximum atomic E-state index is 13.1. The summed E-state index contributed by atoms with van der Waals surface area (Å²) in [5.41, 5.74) is 10.6. The first-order chi connectivity index (χ1) is 16.3. The molecular weight excluding hydrogens is 428 g/mol. The molecule has 0 bridgehead atoms. The monoisotopic (exact) mass is 464 g/mol. The number of nitrogens with zero attached hydrogens (tertiary/aromatic N) is 3. The number of allylic oxidation sites excluding steroid dienone is 1. The summed E-state index contributed by atoms with van der Waals surface area (Å²) in [7, 11) is 3.85. The van der Waals surface area contributed by atoms with E-state index in [0.29, 0.717) is 30.0 Å². The lowest BCUT2D eigenvalue weighted by Gasteiger charge is -2.34. The summed E-state index contributed by atoms with van der Waals surface area (Å²) >= 11 is 0. The van der Waals surface area contributed by atoms with Crippen molar-refractivity contribution in [3.05, 3.63) is 58.8 Å². The standard InChI is InChI=1S/C27H36N4O3/c1-20-8-11-25(30(4)27(33)22-9-10-24(28)21(2)18-22)26(17-20)34-16-6-5-7-23(19-32)31-14-12-29(3)13-15-31/h8-11,17-18H,5-7,12-16,28H2,1-4H3. The number of likely N-dealkylation sites (N-methyl/N-ethyl adjacent to an activating group) is 1. The molecule has 3 rings (SSSR count). The van der Waals surface area contributed by atoms with Gasteiger partial charge in [-0.15, -0.1) is 0 Å². The van der Waals surface area contributed by atoms with Crippen LogP contribution in [0.1, 0.15) is 40.7 Å². The molecule has 1 heterocycles. The molecule has 0 aromatic heterocycles. The maximum Gasteiger partial charge on any atom is 0.258 e. The highest BCUT2D eigenvalue weighted by atomic mass is 16.5. The smallest absolute Gasteiger partial charge is 0.258 e. The minimum absolute atomic E-state index is 0.121. The van der Waals surface area contributed by atoms with E-state index in [9.17, 15) is 9.59 Å². The fraction of sp³-hybridized carbons (Fsp3) is 0.444. The Morgan fingerprint density at radius 3 is 2.50 bits per heavy atom. The van der Waals surface area contributed by atoms with E-state index < -0.39 is 0 Å². The van der Waals surface area contributed by atoms with Crippen molar-refractivity contribution in [2.75, 3.05) is 57.5 Å². The van der Waals surface area contributed by atoms with Gasteiger partial charge in [0.15, 0.2) is 0 Å². The summed E-state index contributed by atoms with van der Waals surface area (Å²) in [6.45, 7) is 8.07. The zero-order valence-electron chi connectivity index (χ0n) is 20.8. The number of ether oxygens (including phenoxy) is 1.